The highest BCUT2D eigenvalue weighted by Crippen LogP contribution is 2.40. The van der Waals surface area contributed by atoms with Gasteiger partial charge in [0.15, 0.2) is 0 Å². The molecular formula is C18H26BrClN4OS. The maximum Gasteiger partial charge on any atom is 0.261 e. The molecule has 2 unspecified atom stereocenters. The minimum atomic E-state index is -0.0814. The molecule has 8 heteroatoms. The molecular weight excluding hydrogens is 436 g/mol. The molecule has 0 saturated heterocycles. The average molecular weight is 462 g/mol. The Morgan fingerprint density at radius 2 is 2.23 bits per heavy atom. The predicted molar refractivity (Wildman–Crippen MR) is 113 cm³/mol. The SMILES string of the molecule is CN1N=CC(Br)C1c1cc(C(=O)N[C@H](CN)CC2CCCCC2)sc1Cl. The Morgan fingerprint density at radius 3 is 2.85 bits per heavy atom. The van der Waals surface area contributed by atoms with Crippen LogP contribution in [0.3, 0.4) is 0 Å². The quantitative estimate of drug-likeness (QED) is 0.625. The van der Waals surface area contributed by atoms with Crippen molar-refractivity contribution in [1.82, 2.24) is 10.3 Å². The summed E-state index contributed by atoms with van der Waals surface area (Å²) in [7, 11) is 1.91. The molecule has 5 nitrogen and oxygen atoms in total. The van der Waals surface area contributed by atoms with Gasteiger partial charge in [-0.15, -0.1) is 11.3 Å². The van der Waals surface area contributed by atoms with E-state index in [4.69, 9.17) is 17.3 Å². The molecule has 0 radical (unpaired) electrons. The first-order valence-electron chi connectivity index (χ1n) is 9.20. The van der Waals surface area contributed by atoms with Crippen molar-refractivity contribution in [3.8, 4) is 0 Å². The molecule has 2 heterocycles. The number of carbonyl (C=O) groups is 1. The van der Waals surface area contributed by atoms with Crippen LogP contribution in [0.4, 0.5) is 0 Å². The van der Waals surface area contributed by atoms with Gasteiger partial charge in [-0.05, 0) is 18.4 Å². The lowest BCUT2D eigenvalue weighted by Gasteiger charge is -2.26. The Bertz CT molecular complexity index is 650. The van der Waals surface area contributed by atoms with Gasteiger partial charge >= 0.3 is 0 Å². The maximum atomic E-state index is 12.7. The van der Waals surface area contributed by atoms with Crippen LogP contribution < -0.4 is 11.1 Å². The summed E-state index contributed by atoms with van der Waals surface area (Å²) < 4.78 is 0.638. The summed E-state index contributed by atoms with van der Waals surface area (Å²) in [6, 6.07) is 1.92. The number of hydrogen-bond acceptors (Lipinski definition) is 5. The van der Waals surface area contributed by atoms with Crippen molar-refractivity contribution in [3.05, 3.63) is 20.8 Å². The third-order valence-corrected chi connectivity index (χ3v) is 7.44. The van der Waals surface area contributed by atoms with Crippen LogP contribution in [0.1, 0.15) is 59.8 Å². The minimum absolute atomic E-state index is 0.00726. The zero-order valence-electron chi connectivity index (χ0n) is 15.0. The Kier molecular flexibility index (Phi) is 6.99. The summed E-state index contributed by atoms with van der Waals surface area (Å²) in [5.74, 6) is 0.598. The second-order valence-electron chi connectivity index (χ2n) is 7.21. The molecule has 3 rings (SSSR count). The maximum absolute atomic E-state index is 12.7. The number of nitrogens with two attached hydrogens (primary N) is 1. The van der Waals surface area contributed by atoms with Crippen molar-refractivity contribution >= 4 is 51.0 Å². The fourth-order valence-corrected chi connectivity index (χ4v) is 5.87. The summed E-state index contributed by atoms with van der Waals surface area (Å²) in [6.07, 6.45) is 9.24. The largest absolute Gasteiger partial charge is 0.347 e. The second-order valence-corrected chi connectivity index (χ2v) is 9.92. The Balaban J connectivity index is 1.64. The van der Waals surface area contributed by atoms with E-state index in [1.807, 2.05) is 24.3 Å². The van der Waals surface area contributed by atoms with Gasteiger partial charge in [-0.2, -0.15) is 5.10 Å². The molecule has 1 aromatic rings. The number of nitrogens with zero attached hydrogens (tertiary/aromatic N) is 2. The van der Waals surface area contributed by atoms with E-state index in [9.17, 15) is 4.79 Å². The third kappa shape index (κ3) is 4.61. The molecule has 144 valence electrons. The van der Waals surface area contributed by atoms with E-state index in [0.29, 0.717) is 21.7 Å². The molecule has 26 heavy (non-hydrogen) atoms. The predicted octanol–water partition coefficient (Wildman–Crippen LogP) is 4.16. The van der Waals surface area contributed by atoms with E-state index in [1.54, 1.807) is 0 Å². The van der Waals surface area contributed by atoms with Crippen molar-refractivity contribution in [1.29, 1.82) is 0 Å². The highest BCUT2D eigenvalue weighted by molar-refractivity contribution is 9.10. The van der Waals surface area contributed by atoms with Gasteiger partial charge in [-0.3, -0.25) is 9.80 Å². The van der Waals surface area contributed by atoms with E-state index in [2.05, 4.69) is 26.3 Å². The van der Waals surface area contributed by atoms with Crippen molar-refractivity contribution in [2.75, 3.05) is 13.6 Å². The summed E-state index contributed by atoms with van der Waals surface area (Å²) in [5.41, 5.74) is 6.85. The molecule has 3 N–H and O–H groups in total. The molecule has 0 spiro atoms. The van der Waals surface area contributed by atoms with Gasteiger partial charge in [-0.25, -0.2) is 0 Å². The van der Waals surface area contributed by atoms with Gasteiger partial charge in [0.1, 0.15) is 0 Å². The Labute approximate surface area is 172 Å². The number of halogens is 2. The number of hydrogen-bond donors (Lipinski definition) is 2. The number of nitrogens with one attached hydrogen (secondary N) is 1. The van der Waals surface area contributed by atoms with Crippen LogP contribution in [0.25, 0.3) is 0 Å². The summed E-state index contributed by atoms with van der Waals surface area (Å²) in [5, 5.41) is 9.26. The molecule has 0 aromatic carbocycles. The molecule has 3 atom stereocenters. The minimum Gasteiger partial charge on any atom is -0.347 e. The molecule has 1 aliphatic heterocycles. The number of thiophene rings is 1. The highest BCUT2D eigenvalue weighted by atomic mass is 79.9. The standard InChI is InChI=1S/C18H26BrClN4OS/c1-24-16(14(19)10-22-24)13-8-15(26-17(13)20)18(25)23-12(9-21)7-11-5-3-2-4-6-11/h8,10-12,14,16H,2-7,9,21H2,1H3,(H,23,25)/t12-,14?,16?/m0/s1. The number of hydrazone groups is 1. The van der Waals surface area contributed by atoms with Crippen molar-refractivity contribution in [3.63, 3.8) is 0 Å². The molecule has 1 fully saturated rings. The fourth-order valence-electron chi connectivity index (χ4n) is 3.89. The average Bonchev–Trinajstić information content (AvgIpc) is 3.17. The Hall–Kier alpha value is -0.630. The van der Waals surface area contributed by atoms with E-state index in [0.717, 1.165) is 12.0 Å². The number of amides is 1. The van der Waals surface area contributed by atoms with Crippen LogP contribution in [0.15, 0.2) is 11.2 Å². The lowest BCUT2D eigenvalue weighted by atomic mass is 9.85. The van der Waals surface area contributed by atoms with Crippen LogP contribution in [0.2, 0.25) is 4.34 Å². The molecule has 1 saturated carbocycles. The van der Waals surface area contributed by atoms with Crippen LogP contribution >= 0.6 is 38.9 Å². The van der Waals surface area contributed by atoms with Crippen LogP contribution in [0, 0.1) is 5.92 Å². The lowest BCUT2D eigenvalue weighted by molar-refractivity contribution is 0.0934. The van der Waals surface area contributed by atoms with E-state index in [-0.39, 0.29) is 22.8 Å². The van der Waals surface area contributed by atoms with E-state index in [1.165, 1.54) is 43.4 Å². The molecule has 1 aliphatic carbocycles. The van der Waals surface area contributed by atoms with Gasteiger partial charge in [0.25, 0.3) is 5.91 Å². The highest BCUT2D eigenvalue weighted by Gasteiger charge is 2.32. The second kappa shape index (κ2) is 9.04. The van der Waals surface area contributed by atoms with Gasteiger partial charge in [0.05, 0.1) is 20.1 Å². The first kappa shape index (κ1) is 20.1. The van der Waals surface area contributed by atoms with Crippen molar-refractivity contribution in [2.45, 2.75) is 55.4 Å². The smallest absolute Gasteiger partial charge is 0.261 e. The normalized spacial score (nSPS) is 24.8. The zero-order valence-corrected chi connectivity index (χ0v) is 18.1. The summed E-state index contributed by atoms with van der Waals surface area (Å²) >= 11 is 11.4. The molecule has 2 aliphatic rings. The summed E-state index contributed by atoms with van der Waals surface area (Å²) in [4.78, 5) is 13.4. The van der Waals surface area contributed by atoms with E-state index < -0.39 is 0 Å². The number of alkyl halides is 1. The van der Waals surface area contributed by atoms with Crippen molar-refractivity contribution < 1.29 is 4.79 Å². The van der Waals surface area contributed by atoms with Crippen LogP contribution in [-0.4, -0.2) is 41.6 Å². The topological polar surface area (TPSA) is 70.7 Å². The van der Waals surface area contributed by atoms with Gasteiger partial charge < -0.3 is 11.1 Å². The lowest BCUT2D eigenvalue weighted by Crippen LogP contribution is -2.41. The van der Waals surface area contributed by atoms with Gasteiger partial charge in [0.2, 0.25) is 0 Å². The van der Waals surface area contributed by atoms with Crippen molar-refractivity contribution in [2.24, 2.45) is 16.8 Å². The zero-order chi connectivity index (χ0) is 18.7. The van der Waals surface area contributed by atoms with Gasteiger partial charge in [-0.1, -0.05) is 59.6 Å². The fraction of sp³-hybridized carbons (Fsp3) is 0.667. The first-order valence-corrected chi connectivity index (χ1v) is 11.3. The number of rotatable bonds is 6. The third-order valence-electron chi connectivity index (χ3n) is 5.31. The summed E-state index contributed by atoms with van der Waals surface area (Å²) in [6.45, 7) is 0.469. The van der Waals surface area contributed by atoms with Gasteiger partial charge in [0, 0.05) is 31.4 Å². The molecule has 0 bridgehead atoms. The monoisotopic (exact) mass is 460 g/mol. The van der Waals surface area contributed by atoms with Crippen LogP contribution in [0.5, 0.6) is 0 Å². The number of carbonyl (C=O) groups excluding carboxylic acids is 1. The molecule has 1 aromatic heterocycles. The Morgan fingerprint density at radius 1 is 1.50 bits per heavy atom. The first-order chi connectivity index (χ1) is 12.5. The molecule has 1 amide bonds. The van der Waals surface area contributed by atoms with E-state index >= 15 is 0 Å². The van der Waals surface area contributed by atoms with Crippen LogP contribution in [-0.2, 0) is 0 Å².